The number of rotatable bonds is 2. The number of benzene rings is 1. The van der Waals surface area contributed by atoms with Crippen LogP contribution in [-0.2, 0) is 6.18 Å². The maximum atomic E-state index is 13.4. The molecule has 0 fully saturated rings. The summed E-state index contributed by atoms with van der Waals surface area (Å²) in [5.41, 5.74) is -1.85. The van der Waals surface area contributed by atoms with Crippen molar-refractivity contribution in [2.45, 2.75) is 13.1 Å². The first-order valence-corrected chi connectivity index (χ1v) is 5.34. The second-order valence-corrected chi connectivity index (χ2v) is 3.89. The molecular formula is C11H8F4N4O. The summed E-state index contributed by atoms with van der Waals surface area (Å²) in [4.78, 5) is 15.4. The minimum Gasteiger partial charge on any atom is -0.289 e. The van der Waals surface area contributed by atoms with Gasteiger partial charge in [-0.05, 0) is 25.1 Å². The monoisotopic (exact) mass is 288 g/mol. The summed E-state index contributed by atoms with van der Waals surface area (Å²) < 4.78 is 51.0. The van der Waals surface area contributed by atoms with E-state index in [2.05, 4.69) is 20.5 Å². The van der Waals surface area contributed by atoms with Gasteiger partial charge in [-0.1, -0.05) is 0 Å². The molecule has 1 aromatic carbocycles. The molecule has 0 aliphatic heterocycles. The van der Waals surface area contributed by atoms with Gasteiger partial charge in [-0.25, -0.2) is 4.39 Å². The number of anilines is 1. The lowest BCUT2D eigenvalue weighted by Crippen LogP contribution is -2.16. The van der Waals surface area contributed by atoms with E-state index in [1.807, 2.05) is 0 Å². The minimum atomic E-state index is -4.66. The van der Waals surface area contributed by atoms with Crippen molar-refractivity contribution in [3.8, 4) is 0 Å². The van der Waals surface area contributed by atoms with Crippen LogP contribution in [-0.4, -0.2) is 21.1 Å². The lowest BCUT2D eigenvalue weighted by atomic mass is 10.1. The molecule has 2 N–H and O–H groups in total. The van der Waals surface area contributed by atoms with Crippen molar-refractivity contribution in [3.05, 3.63) is 41.0 Å². The number of aromatic amines is 1. The maximum absolute atomic E-state index is 13.4. The fraction of sp³-hybridized carbons (Fsp3) is 0.182. The molecule has 0 bridgehead atoms. The van der Waals surface area contributed by atoms with Gasteiger partial charge in [0.15, 0.2) is 0 Å². The van der Waals surface area contributed by atoms with E-state index < -0.39 is 29.0 Å². The Morgan fingerprint density at radius 1 is 1.35 bits per heavy atom. The number of amides is 1. The first kappa shape index (κ1) is 14.0. The Kier molecular flexibility index (Phi) is 3.43. The van der Waals surface area contributed by atoms with Gasteiger partial charge in [0.1, 0.15) is 11.6 Å². The number of nitrogens with zero attached hydrogens (tertiary/aromatic N) is 2. The van der Waals surface area contributed by atoms with Crippen LogP contribution in [0.1, 0.15) is 21.7 Å². The summed E-state index contributed by atoms with van der Waals surface area (Å²) in [6.07, 6.45) is -4.66. The van der Waals surface area contributed by atoms with Gasteiger partial charge in [0.05, 0.1) is 11.1 Å². The third-order valence-electron chi connectivity index (χ3n) is 2.36. The number of hydrogen-bond acceptors (Lipinski definition) is 3. The molecule has 1 aromatic heterocycles. The maximum Gasteiger partial charge on any atom is 0.416 e. The Morgan fingerprint density at radius 3 is 2.60 bits per heavy atom. The summed E-state index contributed by atoms with van der Waals surface area (Å²) in [7, 11) is 0. The van der Waals surface area contributed by atoms with Crippen molar-refractivity contribution in [1.82, 2.24) is 15.2 Å². The van der Waals surface area contributed by atoms with Crippen LogP contribution in [0.5, 0.6) is 0 Å². The molecule has 0 radical (unpaired) electrons. The van der Waals surface area contributed by atoms with Gasteiger partial charge < -0.3 is 0 Å². The van der Waals surface area contributed by atoms with Gasteiger partial charge in [-0.15, -0.1) is 5.10 Å². The minimum absolute atomic E-state index is 0.149. The number of halogens is 4. The summed E-state index contributed by atoms with van der Waals surface area (Å²) >= 11 is 0. The number of nitrogens with one attached hydrogen (secondary N) is 2. The third-order valence-corrected chi connectivity index (χ3v) is 2.36. The molecular weight excluding hydrogens is 280 g/mol. The highest BCUT2D eigenvalue weighted by Gasteiger charge is 2.32. The molecule has 0 spiro atoms. The number of carbonyl (C=O) groups excluding carboxylic acids is 1. The van der Waals surface area contributed by atoms with Crippen LogP contribution in [0.2, 0.25) is 0 Å². The normalized spacial score (nSPS) is 11.4. The molecule has 0 aliphatic rings. The predicted molar refractivity (Wildman–Crippen MR) is 60.5 cm³/mol. The number of aromatic nitrogens is 3. The van der Waals surface area contributed by atoms with Crippen LogP contribution in [0.15, 0.2) is 18.2 Å². The zero-order valence-corrected chi connectivity index (χ0v) is 10.0. The largest absolute Gasteiger partial charge is 0.416 e. The van der Waals surface area contributed by atoms with Crippen LogP contribution in [0.4, 0.5) is 23.5 Å². The molecule has 2 aromatic rings. The van der Waals surface area contributed by atoms with E-state index in [0.717, 1.165) is 0 Å². The van der Waals surface area contributed by atoms with Crippen molar-refractivity contribution in [2.24, 2.45) is 0 Å². The van der Waals surface area contributed by atoms with Crippen molar-refractivity contribution in [3.63, 3.8) is 0 Å². The number of hydrogen-bond donors (Lipinski definition) is 2. The summed E-state index contributed by atoms with van der Waals surface area (Å²) in [6.45, 7) is 1.56. The summed E-state index contributed by atoms with van der Waals surface area (Å²) in [5, 5.41) is 8.09. The molecule has 0 aliphatic carbocycles. The van der Waals surface area contributed by atoms with Crippen molar-refractivity contribution < 1.29 is 22.4 Å². The first-order chi connectivity index (χ1) is 9.27. The quantitative estimate of drug-likeness (QED) is 0.834. The van der Waals surface area contributed by atoms with Crippen LogP contribution in [0.25, 0.3) is 0 Å². The third kappa shape index (κ3) is 2.92. The van der Waals surface area contributed by atoms with E-state index >= 15 is 0 Å². The Hall–Kier alpha value is -2.45. The van der Waals surface area contributed by atoms with Gasteiger partial charge in [0.2, 0.25) is 5.95 Å². The standard InChI is InChI=1S/C11H8F4N4O/c1-5-16-10(19-18-5)17-9(20)7-4-6(11(13,14)15)2-3-8(7)12/h2-4H,1H3,(H2,16,17,18,19,20). The number of H-pyrrole nitrogens is 1. The van der Waals surface area contributed by atoms with Crippen molar-refractivity contribution in [2.75, 3.05) is 5.32 Å². The molecule has 2 rings (SSSR count). The van der Waals surface area contributed by atoms with Gasteiger partial charge in [-0.2, -0.15) is 18.2 Å². The highest BCUT2D eigenvalue weighted by atomic mass is 19.4. The Bertz CT molecular complexity index is 650. The van der Waals surface area contributed by atoms with E-state index in [1.54, 1.807) is 6.92 Å². The predicted octanol–water partition coefficient (Wildman–Crippen LogP) is 2.52. The molecule has 1 amide bonds. The smallest absolute Gasteiger partial charge is 0.289 e. The van der Waals surface area contributed by atoms with E-state index in [1.165, 1.54) is 0 Å². The SMILES string of the molecule is Cc1nc(NC(=O)c2cc(C(F)(F)F)ccc2F)n[nH]1. The Balaban J connectivity index is 2.29. The highest BCUT2D eigenvalue weighted by molar-refractivity contribution is 6.03. The number of aryl methyl sites for hydroxylation is 1. The van der Waals surface area contributed by atoms with E-state index in [0.29, 0.717) is 24.0 Å². The lowest BCUT2D eigenvalue weighted by molar-refractivity contribution is -0.137. The van der Waals surface area contributed by atoms with Crippen molar-refractivity contribution in [1.29, 1.82) is 0 Å². The zero-order chi connectivity index (χ0) is 14.9. The van der Waals surface area contributed by atoms with Crippen molar-refractivity contribution >= 4 is 11.9 Å². The highest BCUT2D eigenvalue weighted by Crippen LogP contribution is 2.30. The fourth-order valence-corrected chi connectivity index (χ4v) is 1.44. The molecule has 9 heteroatoms. The molecule has 106 valence electrons. The van der Waals surface area contributed by atoms with Crippen LogP contribution < -0.4 is 5.32 Å². The molecule has 0 atom stereocenters. The Morgan fingerprint density at radius 2 is 2.05 bits per heavy atom. The Labute approximate surface area is 110 Å². The topological polar surface area (TPSA) is 70.7 Å². The molecule has 5 nitrogen and oxygen atoms in total. The van der Waals surface area contributed by atoms with Gasteiger partial charge >= 0.3 is 6.18 Å². The van der Waals surface area contributed by atoms with Gasteiger partial charge in [0, 0.05) is 0 Å². The number of alkyl halides is 3. The van der Waals surface area contributed by atoms with E-state index in [-0.39, 0.29) is 5.95 Å². The zero-order valence-electron chi connectivity index (χ0n) is 10.0. The summed E-state index contributed by atoms with van der Waals surface area (Å²) in [6, 6.07) is 1.58. The van der Waals surface area contributed by atoms with E-state index in [9.17, 15) is 22.4 Å². The molecule has 20 heavy (non-hydrogen) atoms. The van der Waals surface area contributed by atoms with Crippen LogP contribution in [0, 0.1) is 12.7 Å². The summed E-state index contributed by atoms with van der Waals surface area (Å²) in [5.74, 6) is -1.88. The average molecular weight is 288 g/mol. The first-order valence-electron chi connectivity index (χ1n) is 5.34. The fourth-order valence-electron chi connectivity index (χ4n) is 1.44. The average Bonchev–Trinajstić information content (AvgIpc) is 2.73. The molecule has 0 saturated carbocycles. The molecule has 0 saturated heterocycles. The lowest BCUT2D eigenvalue weighted by Gasteiger charge is -2.09. The molecule has 0 unspecified atom stereocenters. The second-order valence-electron chi connectivity index (χ2n) is 3.89. The second kappa shape index (κ2) is 4.91. The van der Waals surface area contributed by atoms with Gasteiger partial charge in [-0.3, -0.25) is 15.2 Å². The van der Waals surface area contributed by atoms with Crippen LogP contribution >= 0.6 is 0 Å². The van der Waals surface area contributed by atoms with E-state index in [4.69, 9.17) is 0 Å². The number of carbonyl (C=O) groups is 1. The molecule has 1 heterocycles. The van der Waals surface area contributed by atoms with Crippen LogP contribution in [0.3, 0.4) is 0 Å². The van der Waals surface area contributed by atoms with Gasteiger partial charge in [0.25, 0.3) is 5.91 Å².